The van der Waals surface area contributed by atoms with Crippen LogP contribution in [-0.4, -0.2) is 30.4 Å². The van der Waals surface area contributed by atoms with E-state index in [0.717, 1.165) is 37.6 Å². The number of hydrogen-bond acceptors (Lipinski definition) is 3. The number of piperidine rings is 1. The molecule has 0 atom stereocenters. The fourth-order valence-corrected chi connectivity index (χ4v) is 2.08. The van der Waals surface area contributed by atoms with E-state index in [2.05, 4.69) is 12.2 Å². The molecule has 0 radical (unpaired) electrons. The highest BCUT2D eigenvalue weighted by Crippen LogP contribution is 2.15. The number of carbonyl (C=O) groups excluding carboxylic acids is 1. The standard InChI is InChI=1S/C13H20N2O2/c1-11-4-6-15(7-5-11)13(16)10-14-9-12-3-2-8-17-12/h2-3,8,11,14H,4-7,9-10H2,1H3. The lowest BCUT2D eigenvalue weighted by molar-refractivity contribution is -0.131. The molecule has 17 heavy (non-hydrogen) atoms. The van der Waals surface area contributed by atoms with Crippen molar-refractivity contribution in [2.75, 3.05) is 19.6 Å². The van der Waals surface area contributed by atoms with Crippen molar-refractivity contribution in [1.29, 1.82) is 0 Å². The van der Waals surface area contributed by atoms with Crippen LogP contribution >= 0.6 is 0 Å². The van der Waals surface area contributed by atoms with E-state index in [-0.39, 0.29) is 5.91 Å². The highest BCUT2D eigenvalue weighted by molar-refractivity contribution is 5.78. The minimum Gasteiger partial charge on any atom is -0.468 e. The molecule has 0 saturated carbocycles. The first-order chi connectivity index (χ1) is 8.25. The largest absolute Gasteiger partial charge is 0.468 e. The van der Waals surface area contributed by atoms with Crippen LogP contribution in [0.1, 0.15) is 25.5 Å². The Kier molecular flexibility index (Phi) is 4.20. The van der Waals surface area contributed by atoms with Crippen LogP contribution in [0.5, 0.6) is 0 Å². The van der Waals surface area contributed by atoms with Gasteiger partial charge in [0.1, 0.15) is 5.76 Å². The van der Waals surface area contributed by atoms with E-state index in [0.29, 0.717) is 13.1 Å². The second-order valence-electron chi connectivity index (χ2n) is 4.75. The first-order valence-corrected chi connectivity index (χ1v) is 6.26. The van der Waals surface area contributed by atoms with Crippen LogP contribution in [0, 0.1) is 5.92 Å². The van der Waals surface area contributed by atoms with E-state index in [1.54, 1.807) is 6.26 Å². The number of nitrogens with zero attached hydrogens (tertiary/aromatic N) is 1. The van der Waals surface area contributed by atoms with Gasteiger partial charge in [0.15, 0.2) is 0 Å². The summed E-state index contributed by atoms with van der Waals surface area (Å²) in [7, 11) is 0. The summed E-state index contributed by atoms with van der Waals surface area (Å²) in [6, 6.07) is 3.75. The summed E-state index contributed by atoms with van der Waals surface area (Å²) in [6.07, 6.45) is 3.90. The second-order valence-corrected chi connectivity index (χ2v) is 4.75. The summed E-state index contributed by atoms with van der Waals surface area (Å²) in [5.41, 5.74) is 0. The minimum atomic E-state index is 0.198. The Bertz CT molecular complexity index is 340. The number of hydrogen-bond donors (Lipinski definition) is 1. The summed E-state index contributed by atoms with van der Waals surface area (Å²) in [6.45, 7) is 5.07. The Morgan fingerprint density at radius 2 is 2.29 bits per heavy atom. The van der Waals surface area contributed by atoms with E-state index in [1.807, 2.05) is 17.0 Å². The molecule has 0 aliphatic carbocycles. The molecule has 1 amide bonds. The summed E-state index contributed by atoms with van der Waals surface area (Å²) in [5.74, 6) is 1.82. The lowest BCUT2D eigenvalue weighted by Crippen LogP contribution is -2.42. The normalized spacial score (nSPS) is 17.4. The van der Waals surface area contributed by atoms with Gasteiger partial charge in [0, 0.05) is 13.1 Å². The first kappa shape index (κ1) is 12.2. The van der Waals surface area contributed by atoms with Crippen molar-refractivity contribution in [1.82, 2.24) is 10.2 Å². The summed E-state index contributed by atoms with van der Waals surface area (Å²) in [4.78, 5) is 13.8. The molecule has 2 heterocycles. The van der Waals surface area contributed by atoms with E-state index in [9.17, 15) is 4.79 Å². The van der Waals surface area contributed by atoms with Crippen molar-refractivity contribution in [3.8, 4) is 0 Å². The second kappa shape index (κ2) is 5.87. The van der Waals surface area contributed by atoms with Gasteiger partial charge in [-0.05, 0) is 30.9 Å². The highest BCUT2D eigenvalue weighted by Gasteiger charge is 2.19. The molecule has 2 rings (SSSR count). The Labute approximate surface area is 102 Å². The summed E-state index contributed by atoms with van der Waals surface area (Å²) < 4.78 is 5.19. The smallest absolute Gasteiger partial charge is 0.236 e. The Balaban J connectivity index is 1.67. The molecule has 1 fully saturated rings. The monoisotopic (exact) mass is 236 g/mol. The van der Waals surface area contributed by atoms with Crippen LogP contribution in [0.4, 0.5) is 0 Å². The molecule has 4 nitrogen and oxygen atoms in total. The number of amides is 1. The molecule has 0 bridgehead atoms. The van der Waals surface area contributed by atoms with Crippen LogP contribution in [0.2, 0.25) is 0 Å². The molecule has 0 spiro atoms. The Morgan fingerprint density at radius 3 is 2.94 bits per heavy atom. The van der Waals surface area contributed by atoms with Gasteiger partial charge in [0.2, 0.25) is 5.91 Å². The van der Waals surface area contributed by atoms with Gasteiger partial charge in [-0.25, -0.2) is 0 Å². The lowest BCUT2D eigenvalue weighted by Gasteiger charge is -2.30. The maximum absolute atomic E-state index is 11.9. The third-order valence-electron chi connectivity index (χ3n) is 3.29. The third kappa shape index (κ3) is 3.60. The SMILES string of the molecule is CC1CCN(C(=O)CNCc2ccco2)CC1. The van der Waals surface area contributed by atoms with Gasteiger partial charge in [0.25, 0.3) is 0 Å². The summed E-state index contributed by atoms with van der Waals surface area (Å²) >= 11 is 0. The first-order valence-electron chi connectivity index (χ1n) is 6.26. The van der Waals surface area contributed by atoms with Crippen LogP contribution in [0.25, 0.3) is 0 Å². The van der Waals surface area contributed by atoms with Gasteiger partial charge in [-0.2, -0.15) is 0 Å². The fraction of sp³-hybridized carbons (Fsp3) is 0.615. The molecule has 4 heteroatoms. The van der Waals surface area contributed by atoms with Gasteiger partial charge in [0.05, 0.1) is 19.4 Å². The third-order valence-corrected chi connectivity index (χ3v) is 3.29. The Morgan fingerprint density at radius 1 is 1.53 bits per heavy atom. The van der Waals surface area contributed by atoms with Crippen LogP contribution in [0.15, 0.2) is 22.8 Å². The number of furan rings is 1. The zero-order chi connectivity index (χ0) is 12.1. The minimum absolute atomic E-state index is 0.198. The van der Waals surface area contributed by atoms with E-state index >= 15 is 0 Å². The van der Waals surface area contributed by atoms with Crippen LogP contribution in [0.3, 0.4) is 0 Å². The van der Waals surface area contributed by atoms with Crippen molar-refractivity contribution >= 4 is 5.91 Å². The molecule has 1 aliphatic rings. The maximum Gasteiger partial charge on any atom is 0.236 e. The molecule has 1 aliphatic heterocycles. The van der Waals surface area contributed by atoms with E-state index in [1.165, 1.54) is 0 Å². The van der Waals surface area contributed by atoms with Crippen molar-refractivity contribution < 1.29 is 9.21 Å². The maximum atomic E-state index is 11.9. The average Bonchev–Trinajstić information content (AvgIpc) is 2.83. The van der Waals surface area contributed by atoms with E-state index in [4.69, 9.17) is 4.42 Å². The molecule has 1 saturated heterocycles. The van der Waals surface area contributed by atoms with Crippen LogP contribution < -0.4 is 5.32 Å². The number of nitrogens with one attached hydrogen (secondary N) is 1. The quantitative estimate of drug-likeness (QED) is 0.864. The van der Waals surface area contributed by atoms with Gasteiger partial charge < -0.3 is 14.6 Å². The topological polar surface area (TPSA) is 45.5 Å². The van der Waals surface area contributed by atoms with Crippen molar-refractivity contribution in [3.63, 3.8) is 0 Å². The zero-order valence-corrected chi connectivity index (χ0v) is 10.3. The molecule has 1 aromatic heterocycles. The van der Waals surface area contributed by atoms with Gasteiger partial charge in [-0.1, -0.05) is 6.92 Å². The Hall–Kier alpha value is -1.29. The lowest BCUT2D eigenvalue weighted by atomic mass is 9.99. The molecule has 0 aromatic carbocycles. The molecule has 0 unspecified atom stereocenters. The molecular formula is C13H20N2O2. The number of carbonyl (C=O) groups is 1. The predicted octanol–water partition coefficient (Wildman–Crippen LogP) is 1.63. The van der Waals surface area contributed by atoms with E-state index < -0.39 is 0 Å². The fourth-order valence-electron chi connectivity index (χ4n) is 2.08. The molecule has 1 N–H and O–H groups in total. The average molecular weight is 236 g/mol. The number of likely N-dealkylation sites (tertiary alicyclic amines) is 1. The van der Waals surface area contributed by atoms with Crippen molar-refractivity contribution in [2.45, 2.75) is 26.3 Å². The van der Waals surface area contributed by atoms with Crippen molar-refractivity contribution in [2.24, 2.45) is 5.92 Å². The van der Waals surface area contributed by atoms with Gasteiger partial charge in [-0.15, -0.1) is 0 Å². The molecule has 94 valence electrons. The van der Waals surface area contributed by atoms with Crippen LogP contribution in [-0.2, 0) is 11.3 Å². The predicted molar refractivity (Wildman–Crippen MR) is 65.4 cm³/mol. The van der Waals surface area contributed by atoms with Crippen molar-refractivity contribution in [3.05, 3.63) is 24.2 Å². The molecule has 1 aromatic rings. The number of rotatable bonds is 4. The van der Waals surface area contributed by atoms with Gasteiger partial charge in [-0.3, -0.25) is 4.79 Å². The zero-order valence-electron chi connectivity index (χ0n) is 10.3. The summed E-state index contributed by atoms with van der Waals surface area (Å²) in [5, 5.41) is 3.11. The highest BCUT2D eigenvalue weighted by atomic mass is 16.3. The van der Waals surface area contributed by atoms with Gasteiger partial charge >= 0.3 is 0 Å². The molecular weight excluding hydrogens is 216 g/mol.